The molecule has 0 spiro atoms. The number of halogens is 2. The standard InChI is InChI=1S/C24H24ClFN4O3S/c1-27-19-11-14(10-15(19)13-28-24(33)20-7-8-21(25)34-20)23(32)29-18-6-5-16(12-17(18)26)30-9-3-2-4-22(30)31/h2-9,12,14-15,19,27H,10-11,13H2,1H3,(H,28,33)(H,29,32). The quantitative estimate of drug-likeness (QED) is 0.459. The number of thiophene rings is 1. The molecular formula is C24H24ClFN4O3S. The van der Waals surface area contributed by atoms with Crippen molar-refractivity contribution in [3.8, 4) is 5.69 Å². The second kappa shape index (κ2) is 10.5. The molecule has 3 N–H and O–H groups in total. The molecule has 1 saturated carbocycles. The van der Waals surface area contributed by atoms with E-state index in [1.807, 2.05) is 7.05 Å². The van der Waals surface area contributed by atoms with E-state index >= 15 is 0 Å². The molecule has 1 fully saturated rings. The van der Waals surface area contributed by atoms with Crippen molar-refractivity contribution >= 4 is 40.4 Å². The van der Waals surface area contributed by atoms with Gasteiger partial charge in [0.05, 0.1) is 20.6 Å². The summed E-state index contributed by atoms with van der Waals surface area (Å²) >= 11 is 7.11. The highest BCUT2D eigenvalue weighted by Crippen LogP contribution is 2.32. The zero-order valence-electron chi connectivity index (χ0n) is 18.4. The van der Waals surface area contributed by atoms with Gasteiger partial charge in [-0.25, -0.2) is 4.39 Å². The van der Waals surface area contributed by atoms with E-state index in [0.717, 1.165) is 0 Å². The Kier molecular flexibility index (Phi) is 7.45. The average Bonchev–Trinajstić information content (AvgIpc) is 3.45. The Morgan fingerprint density at radius 2 is 2.00 bits per heavy atom. The lowest BCUT2D eigenvalue weighted by Gasteiger charge is -2.18. The number of benzene rings is 1. The molecular weight excluding hydrogens is 479 g/mol. The second-order valence-electron chi connectivity index (χ2n) is 8.20. The highest BCUT2D eigenvalue weighted by molar-refractivity contribution is 7.18. The summed E-state index contributed by atoms with van der Waals surface area (Å²) in [5.74, 6) is -1.37. The van der Waals surface area contributed by atoms with Crippen LogP contribution in [0.5, 0.6) is 0 Å². The Morgan fingerprint density at radius 1 is 1.18 bits per heavy atom. The van der Waals surface area contributed by atoms with Crippen LogP contribution in [0.25, 0.3) is 5.69 Å². The van der Waals surface area contributed by atoms with Crippen LogP contribution >= 0.6 is 22.9 Å². The third-order valence-electron chi connectivity index (χ3n) is 6.07. The first-order valence-corrected chi connectivity index (χ1v) is 12.0. The number of hydrogen-bond acceptors (Lipinski definition) is 5. The minimum Gasteiger partial charge on any atom is -0.351 e. The summed E-state index contributed by atoms with van der Waals surface area (Å²) in [6.07, 6.45) is 2.69. The summed E-state index contributed by atoms with van der Waals surface area (Å²) in [4.78, 5) is 37.7. The zero-order valence-corrected chi connectivity index (χ0v) is 20.0. The molecule has 0 radical (unpaired) electrons. The number of nitrogens with zero attached hydrogens (tertiary/aromatic N) is 1. The zero-order chi connectivity index (χ0) is 24.2. The van der Waals surface area contributed by atoms with Gasteiger partial charge in [0.2, 0.25) is 5.91 Å². The molecule has 3 unspecified atom stereocenters. The molecule has 2 heterocycles. The number of carbonyl (C=O) groups is 2. The Morgan fingerprint density at radius 3 is 2.68 bits per heavy atom. The molecule has 1 aliphatic rings. The van der Waals surface area contributed by atoms with E-state index < -0.39 is 5.82 Å². The minimum atomic E-state index is -0.622. The topological polar surface area (TPSA) is 92.2 Å². The number of carbonyl (C=O) groups excluding carboxylic acids is 2. The molecule has 0 bridgehead atoms. The van der Waals surface area contributed by atoms with Crippen LogP contribution in [0.3, 0.4) is 0 Å². The molecule has 0 aliphatic heterocycles. The SMILES string of the molecule is CNC1CC(C(=O)Nc2ccc(-n3ccccc3=O)cc2F)CC1CNC(=O)c1ccc(Cl)s1. The third-order valence-corrected chi connectivity index (χ3v) is 7.30. The first-order chi connectivity index (χ1) is 16.4. The summed E-state index contributed by atoms with van der Waals surface area (Å²) in [5.41, 5.74) is 0.160. The number of aromatic nitrogens is 1. The molecule has 1 aromatic carbocycles. The number of amides is 2. The lowest BCUT2D eigenvalue weighted by Crippen LogP contribution is -2.37. The van der Waals surface area contributed by atoms with Crippen molar-refractivity contribution in [2.45, 2.75) is 18.9 Å². The lowest BCUT2D eigenvalue weighted by molar-refractivity contribution is -0.119. The van der Waals surface area contributed by atoms with Crippen molar-refractivity contribution in [3.63, 3.8) is 0 Å². The molecule has 3 atom stereocenters. The predicted octanol–water partition coefficient (Wildman–Crippen LogP) is 3.67. The monoisotopic (exact) mass is 502 g/mol. The Hall–Kier alpha value is -3.01. The molecule has 3 aromatic rings. The van der Waals surface area contributed by atoms with Gasteiger partial charge >= 0.3 is 0 Å². The van der Waals surface area contributed by atoms with Crippen molar-refractivity contribution in [1.29, 1.82) is 0 Å². The Bertz CT molecular complexity index is 1260. The normalized spacial score (nSPS) is 19.7. The van der Waals surface area contributed by atoms with Gasteiger partial charge < -0.3 is 16.0 Å². The maximum Gasteiger partial charge on any atom is 0.261 e. The number of nitrogens with one attached hydrogen (secondary N) is 3. The fourth-order valence-corrected chi connectivity index (χ4v) is 5.26. The van der Waals surface area contributed by atoms with Crippen LogP contribution < -0.4 is 21.5 Å². The third kappa shape index (κ3) is 5.38. The highest BCUT2D eigenvalue weighted by Gasteiger charge is 2.37. The van der Waals surface area contributed by atoms with Crippen molar-refractivity contribution in [3.05, 3.63) is 80.1 Å². The van der Waals surface area contributed by atoms with Gasteiger partial charge in [-0.05, 0) is 56.1 Å². The number of hydrogen-bond donors (Lipinski definition) is 3. The molecule has 10 heteroatoms. The van der Waals surface area contributed by atoms with Crippen molar-refractivity contribution < 1.29 is 14.0 Å². The van der Waals surface area contributed by atoms with Crippen LogP contribution in [0, 0.1) is 17.7 Å². The molecule has 0 saturated heterocycles. The largest absolute Gasteiger partial charge is 0.351 e. The van der Waals surface area contributed by atoms with Crippen LogP contribution in [-0.2, 0) is 4.79 Å². The van der Waals surface area contributed by atoms with Gasteiger partial charge in [-0.15, -0.1) is 11.3 Å². The first-order valence-electron chi connectivity index (χ1n) is 10.8. The van der Waals surface area contributed by atoms with Crippen LogP contribution in [-0.4, -0.2) is 36.0 Å². The number of anilines is 1. The number of rotatable bonds is 7. The van der Waals surface area contributed by atoms with Crippen LogP contribution in [0.1, 0.15) is 22.5 Å². The average molecular weight is 503 g/mol. The molecule has 4 rings (SSSR count). The van der Waals surface area contributed by atoms with E-state index in [1.54, 1.807) is 36.5 Å². The number of pyridine rings is 1. The molecule has 1 aliphatic carbocycles. The van der Waals surface area contributed by atoms with Gasteiger partial charge in [0.15, 0.2) is 0 Å². The molecule has 2 amide bonds. The lowest BCUT2D eigenvalue weighted by atomic mass is 10.0. The van der Waals surface area contributed by atoms with Crippen molar-refractivity contribution in [2.75, 3.05) is 18.9 Å². The van der Waals surface area contributed by atoms with Gasteiger partial charge in [-0.3, -0.25) is 19.0 Å². The summed E-state index contributed by atoms with van der Waals surface area (Å²) in [7, 11) is 1.82. The summed E-state index contributed by atoms with van der Waals surface area (Å²) in [5, 5.41) is 8.81. The van der Waals surface area contributed by atoms with E-state index in [0.29, 0.717) is 34.3 Å². The maximum atomic E-state index is 14.7. The van der Waals surface area contributed by atoms with Gasteiger partial charge in [0.25, 0.3) is 11.5 Å². The summed E-state index contributed by atoms with van der Waals surface area (Å²) in [6.45, 7) is 0.415. The van der Waals surface area contributed by atoms with E-state index in [1.165, 1.54) is 34.1 Å². The summed E-state index contributed by atoms with van der Waals surface area (Å²) in [6, 6.07) is 12.3. The van der Waals surface area contributed by atoms with Crippen molar-refractivity contribution in [1.82, 2.24) is 15.2 Å². The molecule has 34 heavy (non-hydrogen) atoms. The van der Waals surface area contributed by atoms with Crippen LogP contribution in [0.15, 0.2) is 59.5 Å². The van der Waals surface area contributed by atoms with Gasteiger partial charge in [0, 0.05) is 36.8 Å². The summed E-state index contributed by atoms with van der Waals surface area (Å²) < 4.78 is 16.6. The minimum absolute atomic E-state index is 0.0418. The van der Waals surface area contributed by atoms with Crippen LogP contribution in [0.4, 0.5) is 10.1 Å². The fraction of sp³-hybridized carbons (Fsp3) is 0.292. The van der Waals surface area contributed by atoms with Gasteiger partial charge in [0.1, 0.15) is 5.82 Å². The first kappa shape index (κ1) is 24.1. The van der Waals surface area contributed by atoms with E-state index in [4.69, 9.17) is 11.6 Å². The van der Waals surface area contributed by atoms with E-state index in [9.17, 15) is 18.8 Å². The fourth-order valence-electron chi connectivity index (χ4n) is 4.30. The van der Waals surface area contributed by atoms with E-state index in [-0.39, 0.29) is 40.9 Å². The molecule has 2 aromatic heterocycles. The smallest absolute Gasteiger partial charge is 0.261 e. The predicted molar refractivity (Wildman–Crippen MR) is 131 cm³/mol. The van der Waals surface area contributed by atoms with E-state index in [2.05, 4.69) is 16.0 Å². The molecule has 178 valence electrons. The second-order valence-corrected chi connectivity index (χ2v) is 9.91. The van der Waals surface area contributed by atoms with Gasteiger partial charge in [-0.1, -0.05) is 17.7 Å². The maximum absolute atomic E-state index is 14.7. The molecule has 7 nitrogen and oxygen atoms in total. The van der Waals surface area contributed by atoms with Crippen molar-refractivity contribution in [2.24, 2.45) is 11.8 Å². The highest BCUT2D eigenvalue weighted by atomic mass is 35.5. The van der Waals surface area contributed by atoms with Crippen LogP contribution in [0.2, 0.25) is 4.34 Å². The Balaban J connectivity index is 1.38. The Labute approximate surface area is 204 Å². The van der Waals surface area contributed by atoms with Gasteiger partial charge in [-0.2, -0.15) is 0 Å².